The van der Waals surface area contributed by atoms with E-state index < -0.39 is 16.6 Å². The number of halogens is 2. The van der Waals surface area contributed by atoms with E-state index in [1.165, 1.54) is 6.07 Å². The molecule has 0 spiro atoms. The maximum Gasteiger partial charge on any atom is 0.412 e. The molecule has 0 fully saturated rings. The number of hydrogen-bond donors (Lipinski definition) is 1. The predicted molar refractivity (Wildman–Crippen MR) is 73.0 cm³/mol. The Balaban J connectivity index is 2.95. The van der Waals surface area contributed by atoms with Crippen LogP contribution in [0.4, 0.5) is 16.2 Å². The second kappa shape index (κ2) is 5.63. The second-order valence-electron chi connectivity index (χ2n) is 4.67. The number of carbonyl (C=O) groups is 1. The average Bonchev–Trinajstić information content (AvgIpc) is 2.19. The van der Waals surface area contributed by atoms with Crippen LogP contribution in [-0.2, 0) is 4.74 Å². The molecule has 1 N–H and O–H groups in total. The zero-order valence-corrected chi connectivity index (χ0v) is 12.0. The lowest BCUT2D eigenvalue weighted by atomic mass is 10.2. The van der Waals surface area contributed by atoms with Gasteiger partial charge in [0.2, 0.25) is 0 Å². The third kappa shape index (κ3) is 4.57. The molecule has 0 aromatic heterocycles. The summed E-state index contributed by atoms with van der Waals surface area (Å²) in [7, 11) is 0. The van der Waals surface area contributed by atoms with Gasteiger partial charge in [0, 0.05) is 6.07 Å². The standard InChI is InChI=1S/C11H12Cl2N2O4/c1-11(2,3)19-10(16)14-8-4-7(13)9(15(17)18)5-6(8)12/h4-5H,1-3H3,(H,14,16). The second-order valence-corrected chi connectivity index (χ2v) is 5.48. The highest BCUT2D eigenvalue weighted by atomic mass is 35.5. The lowest BCUT2D eigenvalue weighted by Crippen LogP contribution is -2.27. The SMILES string of the molecule is CC(C)(C)OC(=O)Nc1cc(Cl)c([N+](=O)[O-])cc1Cl. The highest BCUT2D eigenvalue weighted by Gasteiger charge is 2.20. The first kappa shape index (κ1) is 15.5. The van der Waals surface area contributed by atoms with Crippen LogP contribution in [0, 0.1) is 10.1 Å². The van der Waals surface area contributed by atoms with E-state index in [1.807, 2.05) is 0 Å². The number of anilines is 1. The summed E-state index contributed by atoms with van der Waals surface area (Å²) in [5.74, 6) is 0. The highest BCUT2D eigenvalue weighted by molar-refractivity contribution is 6.37. The van der Waals surface area contributed by atoms with Crippen LogP contribution in [0.15, 0.2) is 12.1 Å². The molecule has 6 nitrogen and oxygen atoms in total. The van der Waals surface area contributed by atoms with E-state index in [-0.39, 0.29) is 21.4 Å². The fraction of sp³-hybridized carbons (Fsp3) is 0.364. The van der Waals surface area contributed by atoms with Crippen molar-refractivity contribution in [1.82, 2.24) is 0 Å². The molecule has 0 heterocycles. The molecule has 0 aliphatic carbocycles. The van der Waals surface area contributed by atoms with Crippen molar-refractivity contribution in [3.8, 4) is 0 Å². The van der Waals surface area contributed by atoms with Crippen molar-refractivity contribution in [2.45, 2.75) is 26.4 Å². The van der Waals surface area contributed by atoms with E-state index in [9.17, 15) is 14.9 Å². The van der Waals surface area contributed by atoms with Crippen LogP contribution in [0.5, 0.6) is 0 Å². The Hall–Kier alpha value is -1.53. The topological polar surface area (TPSA) is 81.5 Å². The van der Waals surface area contributed by atoms with Gasteiger partial charge in [-0.3, -0.25) is 15.4 Å². The Morgan fingerprint density at radius 3 is 2.37 bits per heavy atom. The number of ether oxygens (including phenoxy) is 1. The lowest BCUT2D eigenvalue weighted by molar-refractivity contribution is -0.384. The lowest BCUT2D eigenvalue weighted by Gasteiger charge is -2.20. The molecule has 0 saturated heterocycles. The van der Waals surface area contributed by atoms with Gasteiger partial charge in [0.05, 0.1) is 15.6 Å². The molecule has 1 aromatic carbocycles. The highest BCUT2D eigenvalue weighted by Crippen LogP contribution is 2.34. The fourth-order valence-corrected chi connectivity index (χ4v) is 1.62. The minimum atomic E-state index is -0.723. The minimum absolute atomic E-state index is 0.00181. The Labute approximate surface area is 119 Å². The normalized spacial score (nSPS) is 11.0. The number of rotatable bonds is 2. The molecule has 0 radical (unpaired) electrons. The average molecular weight is 307 g/mol. The number of nitro benzene ring substituents is 1. The molecule has 1 amide bonds. The van der Waals surface area contributed by atoms with Crippen LogP contribution in [-0.4, -0.2) is 16.6 Å². The molecule has 8 heteroatoms. The third-order valence-corrected chi connectivity index (χ3v) is 2.48. The number of nitrogens with one attached hydrogen (secondary N) is 1. The van der Waals surface area contributed by atoms with Gasteiger partial charge in [-0.2, -0.15) is 0 Å². The van der Waals surface area contributed by atoms with Gasteiger partial charge in [-0.05, 0) is 26.8 Å². The Morgan fingerprint density at radius 1 is 1.32 bits per heavy atom. The zero-order chi connectivity index (χ0) is 14.8. The Bertz CT molecular complexity index is 526. The maximum absolute atomic E-state index is 11.5. The summed E-state index contributed by atoms with van der Waals surface area (Å²) >= 11 is 11.5. The van der Waals surface area contributed by atoms with Crippen LogP contribution < -0.4 is 5.32 Å². The van der Waals surface area contributed by atoms with Gasteiger partial charge in [0.25, 0.3) is 5.69 Å². The van der Waals surface area contributed by atoms with Crippen molar-refractivity contribution in [2.24, 2.45) is 0 Å². The first-order chi connectivity index (χ1) is 8.60. The van der Waals surface area contributed by atoms with Gasteiger partial charge >= 0.3 is 6.09 Å². The minimum Gasteiger partial charge on any atom is -0.444 e. The predicted octanol–water partition coefficient (Wildman–Crippen LogP) is 4.25. The first-order valence-corrected chi connectivity index (χ1v) is 5.99. The Kier molecular flexibility index (Phi) is 4.60. The molecular weight excluding hydrogens is 295 g/mol. The van der Waals surface area contributed by atoms with E-state index in [0.29, 0.717) is 0 Å². The van der Waals surface area contributed by atoms with Crippen LogP contribution in [0.1, 0.15) is 20.8 Å². The van der Waals surface area contributed by atoms with Gasteiger partial charge < -0.3 is 4.74 Å². The van der Waals surface area contributed by atoms with Crippen LogP contribution in [0.3, 0.4) is 0 Å². The molecule has 0 aliphatic heterocycles. The van der Waals surface area contributed by atoms with Crippen molar-refractivity contribution in [1.29, 1.82) is 0 Å². The number of carbonyl (C=O) groups excluding carboxylic acids is 1. The van der Waals surface area contributed by atoms with E-state index in [1.54, 1.807) is 20.8 Å². The number of nitro groups is 1. The van der Waals surface area contributed by atoms with Crippen molar-refractivity contribution < 1.29 is 14.5 Å². The van der Waals surface area contributed by atoms with Crippen LogP contribution >= 0.6 is 23.2 Å². The number of amides is 1. The molecule has 1 aromatic rings. The summed E-state index contributed by atoms with van der Waals surface area (Å²) in [6, 6.07) is 2.27. The molecule has 0 bridgehead atoms. The summed E-state index contributed by atoms with van der Waals surface area (Å²) in [5, 5.41) is 12.9. The molecule has 1 rings (SSSR count). The fourth-order valence-electron chi connectivity index (χ4n) is 1.19. The monoisotopic (exact) mass is 306 g/mol. The Morgan fingerprint density at radius 2 is 1.89 bits per heavy atom. The molecule has 0 atom stereocenters. The van der Waals surface area contributed by atoms with Crippen molar-refractivity contribution in [3.63, 3.8) is 0 Å². The van der Waals surface area contributed by atoms with Crippen molar-refractivity contribution in [3.05, 3.63) is 32.3 Å². The summed E-state index contributed by atoms with van der Waals surface area (Å²) < 4.78 is 5.03. The molecule has 19 heavy (non-hydrogen) atoms. The molecule has 0 aliphatic rings. The van der Waals surface area contributed by atoms with Gasteiger partial charge in [0.15, 0.2) is 0 Å². The van der Waals surface area contributed by atoms with E-state index in [0.717, 1.165) is 6.07 Å². The number of hydrogen-bond acceptors (Lipinski definition) is 4. The van der Waals surface area contributed by atoms with E-state index in [2.05, 4.69) is 5.32 Å². The quantitative estimate of drug-likeness (QED) is 0.654. The summed E-state index contributed by atoms with van der Waals surface area (Å²) in [5.41, 5.74) is -0.853. The molecule has 104 valence electrons. The van der Waals surface area contributed by atoms with Gasteiger partial charge in [0.1, 0.15) is 10.6 Å². The van der Waals surface area contributed by atoms with Crippen molar-refractivity contribution >= 4 is 40.7 Å². The summed E-state index contributed by atoms with van der Waals surface area (Å²) in [6.45, 7) is 5.12. The molecular formula is C11H12Cl2N2O4. The zero-order valence-electron chi connectivity index (χ0n) is 10.5. The number of nitrogens with zero attached hydrogens (tertiary/aromatic N) is 1. The number of benzene rings is 1. The first-order valence-electron chi connectivity index (χ1n) is 5.23. The maximum atomic E-state index is 11.5. The molecule has 0 saturated carbocycles. The van der Waals surface area contributed by atoms with Gasteiger partial charge in [-0.1, -0.05) is 23.2 Å². The summed E-state index contributed by atoms with van der Waals surface area (Å²) in [4.78, 5) is 21.5. The van der Waals surface area contributed by atoms with Gasteiger partial charge in [-0.25, -0.2) is 4.79 Å². The van der Waals surface area contributed by atoms with Gasteiger partial charge in [-0.15, -0.1) is 0 Å². The smallest absolute Gasteiger partial charge is 0.412 e. The molecule has 0 unspecified atom stereocenters. The summed E-state index contributed by atoms with van der Waals surface area (Å²) in [6.07, 6.45) is -0.723. The largest absolute Gasteiger partial charge is 0.444 e. The van der Waals surface area contributed by atoms with Crippen LogP contribution in [0.25, 0.3) is 0 Å². The van der Waals surface area contributed by atoms with E-state index >= 15 is 0 Å². The van der Waals surface area contributed by atoms with Crippen molar-refractivity contribution in [2.75, 3.05) is 5.32 Å². The van der Waals surface area contributed by atoms with E-state index in [4.69, 9.17) is 27.9 Å². The van der Waals surface area contributed by atoms with Crippen LogP contribution in [0.2, 0.25) is 10.0 Å². The third-order valence-electron chi connectivity index (χ3n) is 1.87.